The molecular formula is C10H18O. The van der Waals surface area contributed by atoms with E-state index in [0.29, 0.717) is 0 Å². The molecule has 0 aromatic rings. The Morgan fingerprint density at radius 1 is 1.36 bits per heavy atom. The zero-order valence-electron chi connectivity index (χ0n) is 7.29. The van der Waals surface area contributed by atoms with E-state index in [9.17, 15) is 5.11 Å². The standard InChI is InChI=1S/C10H18O/c1-7(11)4-10-6-8-2-3-9(10)5-8/h7-11H,2-6H2,1H3/t7-,8?,9?,10?/m0/s1. The summed E-state index contributed by atoms with van der Waals surface area (Å²) in [5, 5.41) is 9.24. The molecular weight excluding hydrogens is 136 g/mol. The van der Waals surface area contributed by atoms with Gasteiger partial charge in [0.25, 0.3) is 0 Å². The maximum absolute atomic E-state index is 9.24. The maximum atomic E-state index is 9.24. The summed E-state index contributed by atoms with van der Waals surface area (Å²) in [4.78, 5) is 0. The topological polar surface area (TPSA) is 20.2 Å². The van der Waals surface area contributed by atoms with E-state index in [0.717, 1.165) is 24.2 Å². The number of hydrogen-bond donors (Lipinski definition) is 1. The molecule has 0 aliphatic heterocycles. The van der Waals surface area contributed by atoms with Crippen molar-refractivity contribution in [3.8, 4) is 0 Å². The summed E-state index contributed by atoms with van der Waals surface area (Å²) in [6, 6.07) is 0. The Morgan fingerprint density at radius 3 is 2.64 bits per heavy atom. The second kappa shape index (κ2) is 2.78. The highest BCUT2D eigenvalue weighted by atomic mass is 16.3. The smallest absolute Gasteiger partial charge is 0.0514 e. The second-order valence-corrected chi connectivity index (χ2v) is 4.52. The lowest BCUT2D eigenvalue weighted by Gasteiger charge is -2.22. The van der Waals surface area contributed by atoms with Crippen LogP contribution < -0.4 is 0 Å². The van der Waals surface area contributed by atoms with Crippen LogP contribution in [0.25, 0.3) is 0 Å². The number of aliphatic hydroxyl groups excluding tert-OH is 1. The molecule has 2 rings (SSSR count). The van der Waals surface area contributed by atoms with Crippen LogP contribution in [0.3, 0.4) is 0 Å². The van der Waals surface area contributed by atoms with Crippen LogP contribution >= 0.6 is 0 Å². The van der Waals surface area contributed by atoms with Crippen LogP contribution in [-0.4, -0.2) is 11.2 Å². The molecule has 0 heterocycles. The first-order valence-corrected chi connectivity index (χ1v) is 4.93. The van der Waals surface area contributed by atoms with Crippen molar-refractivity contribution in [3.63, 3.8) is 0 Å². The minimum Gasteiger partial charge on any atom is -0.393 e. The fourth-order valence-electron chi connectivity index (χ4n) is 3.10. The van der Waals surface area contributed by atoms with Crippen LogP contribution in [0.1, 0.15) is 39.0 Å². The van der Waals surface area contributed by atoms with Crippen molar-refractivity contribution in [2.75, 3.05) is 0 Å². The summed E-state index contributed by atoms with van der Waals surface area (Å²) in [7, 11) is 0. The van der Waals surface area contributed by atoms with Gasteiger partial charge in [0.05, 0.1) is 6.10 Å². The molecule has 2 aliphatic carbocycles. The first-order chi connectivity index (χ1) is 5.25. The highest BCUT2D eigenvalue weighted by Crippen LogP contribution is 2.49. The van der Waals surface area contributed by atoms with Crippen molar-refractivity contribution in [2.24, 2.45) is 17.8 Å². The second-order valence-electron chi connectivity index (χ2n) is 4.52. The summed E-state index contributed by atoms with van der Waals surface area (Å²) in [5.74, 6) is 2.88. The molecule has 2 saturated carbocycles. The maximum Gasteiger partial charge on any atom is 0.0514 e. The van der Waals surface area contributed by atoms with E-state index in [1.165, 1.54) is 25.7 Å². The van der Waals surface area contributed by atoms with E-state index in [1.807, 2.05) is 6.92 Å². The van der Waals surface area contributed by atoms with Gasteiger partial charge in [0.2, 0.25) is 0 Å². The van der Waals surface area contributed by atoms with E-state index in [-0.39, 0.29) is 6.10 Å². The van der Waals surface area contributed by atoms with Crippen LogP contribution in [0.15, 0.2) is 0 Å². The third-order valence-corrected chi connectivity index (χ3v) is 3.53. The van der Waals surface area contributed by atoms with Gasteiger partial charge in [-0.2, -0.15) is 0 Å². The third-order valence-electron chi connectivity index (χ3n) is 3.53. The zero-order valence-corrected chi connectivity index (χ0v) is 7.29. The Labute approximate surface area is 68.8 Å². The molecule has 1 heteroatoms. The molecule has 2 aliphatic rings. The van der Waals surface area contributed by atoms with Gasteiger partial charge in [0.15, 0.2) is 0 Å². The normalized spacial score (nSPS) is 44.7. The van der Waals surface area contributed by atoms with Crippen LogP contribution in [0, 0.1) is 17.8 Å². The Balaban J connectivity index is 1.87. The summed E-state index contributed by atoms with van der Waals surface area (Å²) < 4.78 is 0. The fourth-order valence-corrected chi connectivity index (χ4v) is 3.10. The summed E-state index contributed by atoms with van der Waals surface area (Å²) in [5.41, 5.74) is 0. The van der Waals surface area contributed by atoms with Gasteiger partial charge in [-0.1, -0.05) is 6.42 Å². The Hall–Kier alpha value is -0.0400. The quantitative estimate of drug-likeness (QED) is 0.646. The first-order valence-electron chi connectivity index (χ1n) is 4.93. The number of fused-ring (bicyclic) bond motifs is 2. The Bertz CT molecular complexity index is 142. The lowest BCUT2D eigenvalue weighted by atomic mass is 9.85. The van der Waals surface area contributed by atoms with Crippen molar-refractivity contribution in [2.45, 2.75) is 45.1 Å². The lowest BCUT2D eigenvalue weighted by Crippen LogP contribution is -2.16. The van der Waals surface area contributed by atoms with Crippen LogP contribution in [-0.2, 0) is 0 Å². The highest BCUT2D eigenvalue weighted by molar-refractivity contribution is 4.90. The minimum absolute atomic E-state index is 0.0700. The first kappa shape index (κ1) is 7.60. The van der Waals surface area contributed by atoms with Gasteiger partial charge in [0, 0.05) is 0 Å². The van der Waals surface area contributed by atoms with Crippen LogP contribution in [0.4, 0.5) is 0 Å². The van der Waals surface area contributed by atoms with E-state index in [1.54, 1.807) is 0 Å². The molecule has 0 spiro atoms. The van der Waals surface area contributed by atoms with Crippen LogP contribution in [0.5, 0.6) is 0 Å². The van der Waals surface area contributed by atoms with Gasteiger partial charge >= 0.3 is 0 Å². The monoisotopic (exact) mass is 154 g/mol. The third kappa shape index (κ3) is 1.44. The molecule has 0 aromatic carbocycles. The van der Waals surface area contributed by atoms with Crippen molar-refractivity contribution < 1.29 is 5.11 Å². The molecule has 1 nitrogen and oxygen atoms in total. The largest absolute Gasteiger partial charge is 0.393 e. The highest BCUT2D eigenvalue weighted by Gasteiger charge is 2.39. The molecule has 2 bridgehead atoms. The van der Waals surface area contributed by atoms with Gasteiger partial charge in [-0.05, 0) is 50.4 Å². The average Bonchev–Trinajstić information content (AvgIpc) is 2.45. The van der Waals surface area contributed by atoms with Gasteiger partial charge in [-0.15, -0.1) is 0 Å². The summed E-state index contributed by atoms with van der Waals surface area (Å²) in [6.45, 7) is 1.92. The minimum atomic E-state index is -0.0700. The molecule has 3 unspecified atom stereocenters. The predicted octanol–water partition coefficient (Wildman–Crippen LogP) is 2.19. The summed E-state index contributed by atoms with van der Waals surface area (Å²) in [6.07, 6.45) is 6.79. The van der Waals surface area contributed by atoms with Gasteiger partial charge < -0.3 is 5.11 Å². The van der Waals surface area contributed by atoms with Crippen molar-refractivity contribution in [3.05, 3.63) is 0 Å². The van der Waals surface area contributed by atoms with Crippen molar-refractivity contribution in [1.82, 2.24) is 0 Å². The molecule has 64 valence electrons. The molecule has 1 N–H and O–H groups in total. The summed E-state index contributed by atoms with van der Waals surface area (Å²) >= 11 is 0. The number of rotatable bonds is 2. The van der Waals surface area contributed by atoms with Gasteiger partial charge in [-0.3, -0.25) is 0 Å². The van der Waals surface area contributed by atoms with Crippen molar-refractivity contribution >= 4 is 0 Å². The van der Waals surface area contributed by atoms with Crippen LogP contribution in [0.2, 0.25) is 0 Å². The Morgan fingerprint density at radius 2 is 2.18 bits per heavy atom. The lowest BCUT2D eigenvalue weighted by molar-refractivity contribution is 0.140. The average molecular weight is 154 g/mol. The molecule has 0 saturated heterocycles. The SMILES string of the molecule is C[C@H](O)CC1CC2CCC1C2. The Kier molecular flexibility index (Phi) is 1.92. The molecule has 0 radical (unpaired) electrons. The van der Waals surface area contributed by atoms with E-state index < -0.39 is 0 Å². The predicted molar refractivity (Wildman–Crippen MR) is 45.2 cm³/mol. The van der Waals surface area contributed by atoms with E-state index in [2.05, 4.69) is 0 Å². The molecule has 0 amide bonds. The number of aliphatic hydroxyl groups is 1. The van der Waals surface area contributed by atoms with Crippen molar-refractivity contribution in [1.29, 1.82) is 0 Å². The zero-order chi connectivity index (χ0) is 7.84. The molecule has 0 aromatic heterocycles. The van der Waals surface area contributed by atoms with Gasteiger partial charge in [-0.25, -0.2) is 0 Å². The molecule has 2 fully saturated rings. The molecule has 4 atom stereocenters. The van der Waals surface area contributed by atoms with Gasteiger partial charge in [0.1, 0.15) is 0 Å². The fraction of sp³-hybridized carbons (Fsp3) is 1.00. The van der Waals surface area contributed by atoms with E-state index >= 15 is 0 Å². The number of hydrogen-bond acceptors (Lipinski definition) is 1. The van der Waals surface area contributed by atoms with E-state index in [4.69, 9.17) is 0 Å². The molecule has 11 heavy (non-hydrogen) atoms.